The molecule has 162 valence electrons. The number of rotatable bonds is 3. The number of fused-ring (bicyclic) bond motifs is 4. The summed E-state index contributed by atoms with van der Waals surface area (Å²) in [6.45, 7) is 1.29. The van der Waals surface area contributed by atoms with Gasteiger partial charge in [-0.05, 0) is 43.2 Å². The summed E-state index contributed by atoms with van der Waals surface area (Å²) in [6.07, 6.45) is 3.27. The summed E-state index contributed by atoms with van der Waals surface area (Å²) in [4.78, 5) is 14.8. The minimum atomic E-state index is -3.83. The zero-order valence-electron chi connectivity index (χ0n) is 16.9. The Bertz CT molecular complexity index is 1160. The number of carbonyl (C=O) groups excluding carboxylic acids is 1. The van der Waals surface area contributed by atoms with Crippen molar-refractivity contribution in [3.05, 3.63) is 48.0 Å². The third-order valence-electron chi connectivity index (χ3n) is 5.67. The third-order valence-corrected chi connectivity index (χ3v) is 7.00. The molecule has 0 aliphatic carbocycles. The van der Waals surface area contributed by atoms with Gasteiger partial charge in [0.2, 0.25) is 0 Å². The fourth-order valence-electron chi connectivity index (χ4n) is 4.09. The third kappa shape index (κ3) is 3.85. The van der Waals surface area contributed by atoms with Crippen LogP contribution in [0.4, 0.5) is 5.69 Å². The summed E-state index contributed by atoms with van der Waals surface area (Å²) in [5.74, 6) is 1.54. The van der Waals surface area contributed by atoms with Crippen molar-refractivity contribution < 1.29 is 22.7 Å². The van der Waals surface area contributed by atoms with Crippen molar-refractivity contribution in [3.8, 4) is 11.5 Å². The van der Waals surface area contributed by atoms with Crippen LogP contribution in [0.5, 0.6) is 11.5 Å². The molecule has 31 heavy (non-hydrogen) atoms. The van der Waals surface area contributed by atoms with Crippen LogP contribution in [-0.4, -0.2) is 46.0 Å². The molecule has 0 spiro atoms. The van der Waals surface area contributed by atoms with Crippen molar-refractivity contribution in [2.75, 3.05) is 24.6 Å². The van der Waals surface area contributed by atoms with Crippen LogP contribution in [0.1, 0.15) is 36.0 Å². The Hall–Kier alpha value is -3.07. The Morgan fingerprint density at radius 3 is 2.84 bits per heavy atom. The number of hydrogen-bond donors (Lipinski definition) is 1. The van der Waals surface area contributed by atoms with E-state index in [4.69, 9.17) is 9.47 Å². The molecule has 3 aliphatic heterocycles. The lowest BCUT2D eigenvalue weighted by molar-refractivity contribution is 0.0789. The van der Waals surface area contributed by atoms with Crippen LogP contribution < -0.4 is 19.7 Å². The van der Waals surface area contributed by atoms with Gasteiger partial charge in [0.15, 0.2) is 11.5 Å². The number of sulfonamides is 1. The lowest BCUT2D eigenvalue weighted by Gasteiger charge is -2.29. The van der Waals surface area contributed by atoms with Gasteiger partial charge in [-0.15, -0.1) is 4.40 Å². The molecule has 1 fully saturated rings. The maximum Gasteiger partial charge on any atom is 0.286 e. The van der Waals surface area contributed by atoms with Crippen LogP contribution in [0.15, 0.2) is 51.8 Å². The number of benzene rings is 2. The summed E-state index contributed by atoms with van der Waals surface area (Å²) < 4.78 is 41.0. The van der Waals surface area contributed by atoms with E-state index >= 15 is 0 Å². The molecule has 8 nitrogen and oxygen atoms in total. The number of hydrogen-bond acceptors (Lipinski definition) is 6. The predicted octanol–water partition coefficient (Wildman–Crippen LogP) is 2.74. The molecular formula is C22H23N3O5S. The molecular weight excluding hydrogens is 418 g/mol. The Kier molecular flexibility index (Phi) is 5.05. The SMILES string of the molecule is O=C(NC[C@@H]1COc2ccccc2O1)c1ccc2c(c1)S(=O)(=O)N=C1CCCCCN12. The number of amidine groups is 1. The largest absolute Gasteiger partial charge is 0.486 e. The lowest BCUT2D eigenvalue weighted by Crippen LogP contribution is -2.41. The topological polar surface area (TPSA) is 97.3 Å². The van der Waals surface area contributed by atoms with Crippen LogP contribution >= 0.6 is 0 Å². The number of nitrogens with one attached hydrogen (secondary N) is 1. The molecule has 2 aromatic rings. The number of carbonyl (C=O) groups is 1. The van der Waals surface area contributed by atoms with E-state index in [0.717, 1.165) is 25.8 Å². The number of amides is 1. The van der Waals surface area contributed by atoms with E-state index in [1.54, 1.807) is 12.1 Å². The molecule has 1 amide bonds. The molecule has 3 heterocycles. The summed E-state index contributed by atoms with van der Waals surface area (Å²) in [5.41, 5.74) is 0.872. The number of nitrogens with zero attached hydrogens (tertiary/aromatic N) is 2. The van der Waals surface area contributed by atoms with E-state index in [2.05, 4.69) is 9.71 Å². The van der Waals surface area contributed by atoms with E-state index < -0.39 is 10.0 Å². The Labute approximate surface area is 180 Å². The van der Waals surface area contributed by atoms with E-state index in [-0.39, 0.29) is 29.0 Å². The molecule has 2 aromatic carbocycles. The van der Waals surface area contributed by atoms with Gasteiger partial charge in [-0.1, -0.05) is 18.6 Å². The van der Waals surface area contributed by atoms with Crippen LogP contribution in [0.3, 0.4) is 0 Å². The van der Waals surface area contributed by atoms with Gasteiger partial charge in [0.05, 0.1) is 12.2 Å². The highest BCUT2D eigenvalue weighted by Gasteiger charge is 2.32. The lowest BCUT2D eigenvalue weighted by atomic mass is 10.1. The normalized spacial score (nSPS) is 21.2. The van der Waals surface area contributed by atoms with Crippen molar-refractivity contribution in [1.82, 2.24) is 5.32 Å². The van der Waals surface area contributed by atoms with Gasteiger partial charge in [0, 0.05) is 18.5 Å². The van der Waals surface area contributed by atoms with Gasteiger partial charge in [-0.25, -0.2) is 0 Å². The molecule has 0 aromatic heterocycles. The molecule has 3 aliphatic rings. The van der Waals surface area contributed by atoms with Crippen molar-refractivity contribution >= 4 is 27.5 Å². The average molecular weight is 442 g/mol. The highest BCUT2D eigenvalue weighted by Crippen LogP contribution is 2.35. The first-order chi connectivity index (χ1) is 15.0. The van der Waals surface area contributed by atoms with Gasteiger partial charge < -0.3 is 19.7 Å². The van der Waals surface area contributed by atoms with Crippen molar-refractivity contribution in [2.45, 2.75) is 36.7 Å². The van der Waals surface area contributed by atoms with Crippen LogP contribution in [0.2, 0.25) is 0 Å². The number of ether oxygens (including phenoxy) is 2. The molecule has 0 bridgehead atoms. The summed E-state index contributed by atoms with van der Waals surface area (Å²) in [6, 6.07) is 12.1. The Morgan fingerprint density at radius 2 is 1.97 bits per heavy atom. The zero-order chi connectivity index (χ0) is 21.4. The molecule has 1 N–H and O–H groups in total. The summed E-state index contributed by atoms with van der Waals surface area (Å²) >= 11 is 0. The van der Waals surface area contributed by atoms with Crippen molar-refractivity contribution in [3.63, 3.8) is 0 Å². The zero-order valence-corrected chi connectivity index (χ0v) is 17.7. The van der Waals surface area contributed by atoms with Gasteiger partial charge in [0.25, 0.3) is 15.9 Å². The standard InChI is InChI=1S/C22H23N3O5S/c26-22(23-13-16-14-29-18-6-3-4-7-19(18)30-16)15-9-10-17-20(12-15)31(27,28)24-21-8-2-1-5-11-25(17)21/h3-4,6-7,9-10,12,16H,1-2,5,8,11,13-14H2,(H,23,26)/t16-/m1/s1. The minimum absolute atomic E-state index is 0.0805. The highest BCUT2D eigenvalue weighted by molar-refractivity contribution is 7.90. The second-order valence-electron chi connectivity index (χ2n) is 7.84. The van der Waals surface area contributed by atoms with E-state index in [1.165, 1.54) is 6.07 Å². The predicted molar refractivity (Wildman–Crippen MR) is 116 cm³/mol. The fraction of sp³-hybridized carbons (Fsp3) is 0.364. The maximum atomic E-state index is 12.8. The second kappa shape index (κ2) is 7.88. The second-order valence-corrected chi connectivity index (χ2v) is 9.41. The summed E-state index contributed by atoms with van der Waals surface area (Å²) in [5, 5.41) is 2.81. The first-order valence-electron chi connectivity index (χ1n) is 10.4. The average Bonchev–Trinajstić information content (AvgIpc) is 3.02. The molecule has 9 heteroatoms. The van der Waals surface area contributed by atoms with Crippen LogP contribution in [-0.2, 0) is 10.0 Å². The van der Waals surface area contributed by atoms with E-state index in [9.17, 15) is 13.2 Å². The molecule has 5 rings (SSSR count). The van der Waals surface area contributed by atoms with Crippen LogP contribution in [0.25, 0.3) is 0 Å². The van der Waals surface area contributed by atoms with Gasteiger partial charge in [-0.3, -0.25) is 4.79 Å². The fourth-order valence-corrected chi connectivity index (χ4v) is 5.38. The van der Waals surface area contributed by atoms with Gasteiger partial charge in [0.1, 0.15) is 23.4 Å². The quantitative estimate of drug-likeness (QED) is 0.787. The molecule has 0 saturated carbocycles. The smallest absolute Gasteiger partial charge is 0.286 e. The molecule has 0 unspecified atom stereocenters. The van der Waals surface area contributed by atoms with Crippen molar-refractivity contribution in [1.29, 1.82) is 0 Å². The van der Waals surface area contributed by atoms with E-state index in [0.29, 0.717) is 36.0 Å². The van der Waals surface area contributed by atoms with Crippen LogP contribution in [0, 0.1) is 0 Å². The number of para-hydroxylation sites is 2. The van der Waals surface area contributed by atoms with Gasteiger partial charge >= 0.3 is 0 Å². The van der Waals surface area contributed by atoms with E-state index in [1.807, 2.05) is 29.2 Å². The molecule has 0 radical (unpaired) electrons. The Morgan fingerprint density at radius 1 is 1.13 bits per heavy atom. The van der Waals surface area contributed by atoms with Crippen molar-refractivity contribution in [2.24, 2.45) is 4.40 Å². The maximum absolute atomic E-state index is 12.8. The minimum Gasteiger partial charge on any atom is -0.486 e. The highest BCUT2D eigenvalue weighted by atomic mass is 32.2. The molecule has 1 atom stereocenters. The first-order valence-corrected chi connectivity index (χ1v) is 11.9. The number of anilines is 1. The monoisotopic (exact) mass is 441 g/mol. The molecule has 1 saturated heterocycles. The first kappa shape index (κ1) is 19.9. The summed E-state index contributed by atoms with van der Waals surface area (Å²) in [7, 11) is -3.83. The van der Waals surface area contributed by atoms with Gasteiger partial charge in [-0.2, -0.15) is 8.42 Å². The Balaban J connectivity index is 1.32.